The first kappa shape index (κ1) is 13.1. The Balaban J connectivity index is 2.17. The first-order valence-corrected chi connectivity index (χ1v) is 6.86. The van der Waals surface area contributed by atoms with Crippen LogP contribution in [-0.2, 0) is 16.6 Å². The largest absolute Gasteiger partial charge is 0.240 e. The molecular weight excluding hydrogens is 264 g/mol. The van der Waals surface area contributed by atoms with Crippen molar-refractivity contribution in [3.63, 3.8) is 0 Å². The fraction of sp³-hybridized carbons (Fsp3) is 0.0833. The number of rotatable bonds is 4. The lowest BCUT2D eigenvalue weighted by Crippen LogP contribution is -2.23. The van der Waals surface area contributed by atoms with Gasteiger partial charge in [0, 0.05) is 6.20 Å². The van der Waals surface area contributed by atoms with Gasteiger partial charge in [-0.1, -0.05) is 6.07 Å². The van der Waals surface area contributed by atoms with Crippen molar-refractivity contribution in [2.24, 2.45) is 0 Å². The third kappa shape index (κ3) is 3.34. The van der Waals surface area contributed by atoms with Crippen molar-refractivity contribution in [3.05, 3.63) is 53.9 Å². The summed E-state index contributed by atoms with van der Waals surface area (Å²) in [5.74, 6) is 0. The number of hydrogen-bond donors (Lipinski definition) is 1. The summed E-state index contributed by atoms with van der Waals surface area (Å²) in [6.07, 6.45) is 1.51. The van der Waals surface area contributed by atoms with Crippen LogP contribution in [-0.4, -0.2) is 18.6 Å². The molecule has 0 bridgehead atoms. The Morgan fingerprint density at radius 3 is 2.79 bits per heavy atom. The number of nitrogens with zero attached hydrogens (tertiary/aromatic N) is 3. The van der Waals surface area contributed by atoms with Gasteiger partial charge in [0.1, 0.15) is 0 Å². The number of aromatic nitrogens is 2. The van der Waals surface area contributed by atoms with E-state index >= 15 is 0 Å². The van der Waals surface area contributed by atoms with Gasteiger partial charge in [-0.25, -0.2) is 13.1 Å². The van der Waals surface area contributed by atoms with Crippen LogP contribution in [0.5, 0.6) is 0 Å². The van der Waals surface area contributed by atoms with Gasteiger partial charge < -0.3 is 0 Å². The van der Waals surface area contributed by atoms with Crippen LogP contribution in [0.15, 0.2) is 47.5 Å². The lowest BCUT2D eigenvalue weighted by atomic mass is 10.2. The van der Waals surface area contributed by atoms with E-state index in [0.29, 0.717) is 11.3 Å². The van der Waals surface area contributed by atoms with E-state index in [4.69, 9.17) is 5.26 Å². The van der Waals surface area contributed by atoms with E-state index in [9.17, 15) is 8.42 Å². The first-order valence-electron chi connectivity index (χ1n) is 5.38. The van der Waals surface area contributed by atoms with Crippen LogP contribution in [0.4, 0.5) is 0 Å². The average Bonchev–Trinajstić information content (AvgIpc) is 2.46. The van der Waals surface area contributed by atoms with Gasteiger partial charge in [0.05, 0.1) is 28.8 Å². The van der Waals surface area contributed by atoms with Gasteiger partial charge in [-0.05, 0) is 30.3 Å². The third-order valence-corrected chi connectivity index (χ3v) is 3.74. The molecule has 0 saturated carbocycles. The average molecular weight is 274 g/mol. The Bertz CT molecular complexity index is 708. The highest BCUT2D eigenvalue weighted by Gasteiger charge is 2.14. The predicted octanol–water partition coefficient (Wildman–Crippen LogP) is 0.827. The summed E-state index contributed by atoms with van der Waals surface area (Å²) >= 11 is 0. The third-order valence-electron chi connectivity index (χ3n) is 2.34. The molecule has 1 heterocycles. The fourth-order valence-electron chi connectivity index (χ4n) is 1.41. The molecule has 0 unspecified atom stereocenters. The van der Waals surface area contributed by atoms with Gasteiger partial charge >= 0.3 is 0 Å². The van der Waals surface area contributed by atoms with Gasteiger partial charge in [-0.2, -0.15) is 15.5 Å². The fourth-order valence-corrected chi connectivity index (χ4v) is 2.46. The molecule has 1 aromatic heterocycles. The summed E-state index contributed by atoms with van der Waals surface area (Å²) in [5, 5.41) is 16.2. The summed E-state index contributed by atoms with van der Waals surface area (Å²) in [6, 6.07) is 11.1. The molecule has 2 rings (SSSR count). The first-order chi connectivity index (χ1) is 9.12. The minimum absolute atomic E-state index is 0.0486. The van der Waals surface area contributed by atoms with Crippen molar-refractivity contribution in [1.82, 2.24) is 14.9 Å². The van der Waals surface area contributed by atoms with Crippen molar-refractivity contribution in [2.45, 2.75) is 11.4 Å². The molecular formula is C12H10N4O2S. The van der Waals surface area contributed by atoms with Gasteiger partial charge in [0.15, 0.2) is 0 Å². The molecule has 0 saturated heterocycles. The smallest absolute Gasteiger partial charge is 0.207 e. The highest BCUT2D eigenvalue weighted by Crippen LogP contribution is 2.11. The van der Waals surface area contributed by atoms with Gasteiger partial charge in [0.2, 0.25) is 10.0 Å². The lowest BCUT2D eigenvalue weighted by Gasteiger charge is -2.06. The number of nitrogens with one attached hydrogen (secondary N) is 1. The SMILES string of the molecule is N#Cc1cccc(S(=O)(=O)NCc2cccnn2)c1. The molecule has 96 valence electrons. The Kier molecular flexibility index (Phi) is 3.85. The van der Waals surface area contributed by atoms with Gasteiger partial charge in [0.25, 0.3) is 0 Å². The highest BCUT2D eigenvalue weighted by molar-refractivity contribution is 7.89. The van der Waals surface area contributed by atoms with E-state index in [1.807, 2.05) is 6.07 Å². The molecule has 6 nitrogen and oxygen atoms in total. The Morgan fingerprint density at radius 2 is 2.11 bits per heavy atom. The Morgan fingerprint density at radius 1 is 1.26 bits per heavy atom. The van der Waals surface area contributed by atoms with E-state index < -0.39 is 10.0 Å². The maximum absolute atomic E-state index is 12.0. The van der Waals surface area contributed by atoms with Crippen molar-refractivity contribution in [1.29, 1.82) is 5.26 Å². The minimum Gasteiger partial charge on any atom is -0.207 e. The molecule has 1 aromatic carbocycles. The van der Waals surface area contributed by atoms with E-state index in [2.05, 4.69) is 14.9 Å². The molecule has 1 N–H and O–H groups in total. The molecule has 0 spiro atoms. The van der Waals surface area contributed by atoms with Crippen LogP contribution in [0.2, 0.25) is 0 Å². The van der Waals surface area contributed by atoms with E-state index in [1.165, 1.54) is 24.4 Å². The second-order valence-electron chi connectivity index (χ2n) is 3.68. The number of sulfonamides is 1. The van der Waals surface area contributed by atoms with Gasteiger partial charge in [-0.15, -0.1) is 0 Å². The van der Waals surface area contributed by atoms with Crippen LogP contribution in [0.1, 0.15) is 11.3 Å². The summed E-state index contributed by atoms with van der Waals surface area (Å²) in [4.78, 5) is 0.0513. The standard InChI is InChI=1S/C12H10N4O2S/c13-8-10-3-1-5-12(7-10)19(17,18)15-9-11-4-2-6-14-16-11/h1-7,15H,9H2. The molecule has 0 aliphatic rings. The van der Waals surface area contributed by atoms with Crippen molar-refractivity contribution in [3.8, 4) is 6.07 Å². The zero-order chi connectivity index (χ0) is 13.7. The van der Waals surface area contributed by atoms with E-state index in [0.717, 1.165) is 0 Å². The van der Waals surface area contributed by atoms with Crippen molar-refractivity contribution < 1.29 is 8.42 Å². The molecule has 19 heavy (non-hydrogen) atoms. The topological polar surface area (TPSA) is 95.7 Å². The molecule has 0 aliphatic carbocycles. The lowest BCUT2D eigenvalue weighted by molar-refractivity contribution is 0.580. The monoisotopic (exact) mass is 274 g/mol. The highest BCUT2D eigenvalue weighted by atomic mass is 32.2. The Hall–Kier alpha value is -2.30. The molecule has 0 fully saturated rings. The van der Waals surface area contributed by atoms with Gasteiger partial charge in [-0.3, -0.25) is 0 Å². The maximum Gasteiger partial charge on any atom is 0.240 e. The number of benzene rings is 1. The van der Waals surface area contributed by atoms with Crippen molar-refractivity contribution >= 4 is 10.0 Å². The van der Waals surface area contributed by atoms with Crippen molar-refractivity contribution in [2.75, 3.05) is 0 Å². The normalized spacial score (nSPS) is 10.9. The maximum atomic E-state index is 12.0. The summed E-state index contributed by atoms with van der Waals surface area (Å²) in [5.41, 5.74) is 0.810. The second kappa shape index (κ2) is 5.56. The molecule has 2 aromatic rings. The number of hydrogen-bond acceptors (Lipinski definition) is 5. The van der Waals surface area contributed by atoms with E-state index in [-0.39, 0.29) is 11.4 Å². The summed E-state index contributed by atoms with van der Waals surface area (Å²) in [6.45, 7) is 0.0486. The zero-order valence-electron chi connectivity index (χ0n) is 9.81. The molecule has 0 amide bonds. The zero-order valence-corrected chi connectivity index (χ0v) is 10.6. The van der Waals surface area contributed by atoms with E-state index in [1.54, 1.807) is 18.2 Å². The van der Waals surface area contributed by atoms with Crippen LogP contribution in [0.25, 0.3) is 0 Å². The summed E-state index contributed by atoms with van der Waals surface area (Å²) in [7, 11) is -3.66. The van der Waals surface area contributed by atoms with Crippen LogP contribution < -0.4 is 4.72 Å². The minimum atomic E-state index is -3.66. The second-order valence-corrected chi connectivity index (χ2v) is 5.45. The van der Waals surface area contributed by atoms with Crippen LogP contribution in [0.3, 0.4) is 0 Å². The molecule has 0 radical (unpaired) electrons. The molecule has 0 atom stereocenters. The van der Waals surface area contributed by atoms with Crippen LogP contribution >= 0.6 is 0 Å². The van der Waals surface area contributed by atoms with Crippen LogP contribution in [0, 0.1) is 11.3 Å². The summed E-state index contributed by atoms with van der Waals surface area (Å²) < 4.78 is 26.4. The molecule has 7 heteroatoms. The Labute approximate surface area is 110 Å². The predicted molar refractivity (Wildman–Crippen MR) is 67.2 cm³/mol. The number of nitriles is 1. The quantitative estimate of drug-likeness (QED) is 0.890. The molecule has 0 aliphatic heterocycles.